The van der Waals surface area contributed by atoms with E-state index in [0.717, 1.165) is 20.3 Å². The molecule has 1 aliphatic rings. The molecule has 0 bridgehead atoms. The minimum absolute atomic E-state index is 0.132. The van der Waals surface area contributed by atoms with E-state index in [4.69, 9.17) is 15.2 Å². The second-order valence-corrected chi connectivity index (χ2v) is 11.7. The van der Waals surface area contributed by atoms with Gasteiger partial charge in [-0.2, -0.15) is 13.2 Å². The van der Waals surface area contributed by atoms with Crippen LogP contribution >= 0.6 is 22.6 Å². The third-order valence-corrected chi connectivity index (χ3v) is 7.87. The van der Waals surface area contributed by atoms with Crippen molar-refractivity contribution in [2.45, 2.75) is 43.1 Å². The second-order valence-electron chi connectivity index (χ2n) is 10.4. The Kier molecular flexibility index (Phi) is 11.9. The smallest absolute Gasteiger partial charge is 0.407 e. The normalized spacial score (nSPS) is 18.2. The Morgan fingerprint density at radius 2 is 1.70 bits per heavy atom. The molecular weight excluding hydrogens is 695 g/mol. The van der Waals surface area contributed by atoms with Gasteiger partial charge in [-0.15, -0.1) is 0 Å². The molecule has 4 atom stereocenters. The maximum atomic E-state index is 13.7. The molecule has 5 N–H and O–H groups in total. The SMILES string of the molecule is N[C@H](C(=O)Nc1ccccc1CC[C@@H]1CN[C@H](COC(=O)NCC(F)(F)F)CO1)C(c1ccc(F)cc1)c1ccc(I)cc1. The van der Waals surface area contributed by atoms with Crippen LogP contribution in [0.15, 0.2) is 72.8 Å². The molecule has 3 aromatic carbocycles. The van der Waals surface area contributed by atoms with E-state index in [2.05, 4.69) is 33.2 Å². The second kappa shape index (κ2) is 15.6. The van der Waals surface area contributed by atoms with Crippen LogP contribution in [0.1, 0.15) is 29.0 Å². The Hall–Kier alpha value is -3.27. The minimum atomic E-state index is -4.51. The van der Waals surface area contributed by atoms with E-state index < -0.39 is 30.8 Å². The lowest BCUT2D eigenvalue weighted by Gasteiger charge is -2.30. The standard InChI is InChI=1S/C31H33F4IN4O4/c32-22-10-5-20(6-11-22)27(21-7-12-23(36)13-8-21)28(37)29(41)40-26-4-2-1-3-19(26)9-14-25-15-38-24(16-43-25)17-44-30(42)39-18-31(33,34)35/h1-8,10-13,24-25,27-28,38H,9,14-18,37H2,(H,39,42)(H,40,41)/t24-,25+,27?,28-/m0/s1. The molecule has 1 heterocycles. The number of carbonyl (C=O) groups excluding carboxylic acids is 2. The Morgan fingerprint density at radius 1 is 1.05 bits per heavy atom. The van der Waals surface area contributed by atoms with Crippen LogP contribution in [0.4, 0.5) is 28.0 Å². The molecule has 0 aliphatic carbocycles. The summed E-state index contributed by atoms with van der Waals surface area (Å²) in [5, 5.41) is 7.81. The average Bonchev–Trinajstić information content (AvgIpc) is 3.00. The molecule has 3 aromatic rings. The lowest BCUT2D eigenvalue weighted by molar-refractivity contribution is -0.124. The Labute approximate surface area is 266 Å². The first-order chi connectivity index (χ1) is 21.0. The molecule has 0 saturated carbocycles. The van der Waals surface area contributed by atoms with Gasteiger partial charge in [-0.3, -0.25) is 4.79 Å². The summed E-state index contributed by atoms with van der Waals surface area (Å²) in [4.78, 5) is 24.9. The van der Waals surface area contributed by atoms with Gasteiger partial charge in [-0.1, -0.05) is 42.5 Å². The lowest BCUT2D eigenvalue weighted by atomic mass is 9.85. The molecule has 236 valence electrons. The molecular formula is C31H33F4IN4O4. The van der Waals surface area contributed by atoms with Crippen LogP contribution in [0.2, 0.25) is 0 Å². The van der Waals surface area contributed by atoms with E-state index >= 15 is 0 Å². The van der Waals surface area contributed by atoms with Crippen LogP contribution in [-0.2, 0) is 20.7 Å². The van der Waals surface area contributed by atoms with E-state index in [1.54, 1.807) is 23.5 Å². The summed E-state index contributed by atoms with van der Waals surface area (Å²) >= 11 is 2.20. The molecule has 0 spiro atoms. The number of ether oxygens (including phenoxy) is 2. The Morgan fingerprint density at radius 3 is 2.34 bits per heavy atom. The third-order valence-electron chi connectivity index (χ3n) is 7.15. The van der Waals surface area contributed by atoms with Gasteiger partial charge in [0, 0.05) is 21.7 Å². The van der Waals surface area contributed by atoms with Crippen LogP contribution in [-0.4, -0.2) is 62.7 Å². The predicted octanol–water partition coefficient (Wildman–Crippen LogP) is 5.11. The number of nitrogens with two attached hydrogens (primary N) is 1. The van der Waals surface area contributed by atoms with Crippen LogP contribution in [0.3, 0.4) is 0 Å². The van der Waals surface area contributed by atoms with Crippen LogP contribution < -0.4 is 21.7 Å². The van der Waals surface area contributed by atoms with E-state index in [-0.39, 0.29) is 37.1 Å². The highest BCUT2D eigenvalue weighted by molar-refractivity contribution is 14.1. The van der Waals surface area contributed by atoms with Crippen molar-refractivity contribution < 1.29 is 36.6 Å². The molecule has 1 saturated heterocycles. The maximum absolute atomic E-state index is 13.7. The summed E-state index contributed by atoms with van der Waals surface area (Å²) in [7, 11) is 0. The number of alkyl carbamates (subject to hydrolysis) is 1. The van der Waals surface area contributed by atoms with Crippen molar-refractivity contribution >= 4 is 40.3 Å². The number of nitrogens with one attached hydrogen (secondary N) is 3. The molecule has 0 aromatic heterocycles. The van der Waals surface area contributed by atoms with Crippen molar-refractivity contribution in [3.63, 3.8) is 0 Å². The summed E-state index contributed by atoms with van der Waals surface area (Å²) in [6.45, 7) is -0.926. The molecule has 1 fully saturated rings. The Bertz CT molecular complexity index is 1340. The van der Waals surface area contributed by atoms with Gasteiger partial charge in [-0.05, 0) is 82.5 Å². The lowest BCUT2D eigenvalue weighted by Crippen LogP contribution is -2.49. The monoisotopic (exact) mass is 728 g/mol. The number of carbonyl (C=O) groups is 2. The van der Waals surface area contributed by atoms with Gasteiger partial charge >= 0.3 is 12.3 Å². The summed E-state index contributed by atoms with van der Waals surface area (Å²) in [5.74, 6) is -1.27. The largest absolute Gasteiger partial charge is 0.448 e. The minimum Gasteiger partial charge on any atom is -0.448 e. The van der Waals surface area contributed by atoms with Crippen molar-refractivity contribution in [1.82, 2.24) is 10.6 Å². The molecule has 1 unspecified atom stereocenters. The van der Waals surface area contributed by atoms with Gasteiger partial charge in [0.15, 0.2) is 0 Å². The number of hydrogen-bond acceptors (Lipinski definition) is 6. The highest BCUT2D eigenvalue weighted by Crippen LogP contribution is 2.29. The number of rotatable bonds is 11. The number of halogens is 5. The van der Waals surface area contributed by atoms with E-state index in [1.165, 1.54) is 12.1 Å². The number of amides is 2. The number of para-hydroxylation sites is 1. The summed E-state index contributed by atoms with van der Waals surface area (Å²) in [5.41, 5.74) is 9.62. The number of morpholine rings is 1. The van der Waals surface area contributed by atoms with Crippen molar-refractivity contribution in [3.05, 3.63) is 98.9 Å². The molecule has 0 radical (unpaired) electrons. The van der Waals surface area contributed by atoms with Crippen LogP contribution in [0, 0.1) is 9.39 Å². The third kappa shape index (κ3) is 10.1. The number of anilines is 1. The highest BCUT2D eigenvalue weighted by atomic mass is 127. The first-order valence-electron chi connectivity index (χ1n) is 14.0. The van der Waals surface area contributed by atoms with Gasteiger partial charge in [0.05, 0.1) is 24.8 Å². The topological polar surface area (TPSA) is 115 Å². The molecule has 4 rings (SSSR count). The average molecular weight is 729 g/mol. The Balaban J connectivity index is 1.32. The van der Waals surface area contributed by atoms with Gasteiger partial charge < -0.3 is 31.2 Å². The fourth-order valence-corrected chi connectivity index (χ4v) is 5.21. The van der Waals surface area contributed by atoms with Gasteiger partial charge in [0.2, 0.25) is 5.91 Å². The molecule has 13 heteroatoms. The van der Waals surface area contributed by atoms with Crippen LogP contribution in [0.25, 0.3) is 0 Å². The van der Waals surface area contributed by atoms with E-state index in [1.807, 2.05) is 42.5 Å². The molecule has 44 heavy (non-hydrogen) atoms. The highest BCUT2D eigenvalue weighted by Gasteiger charge is 2.30. The van der Waals surface area contributed by atoms with Crippen molar-refractivity contribution in [1.29, 1.82) is 0 Å². The summed E-state index contributed by atoms with van der Waals surface area (Å²) in [6.07, 6.45) is -4.63. The molecule has 8 nitrogen and oxygen atoms in total. The van der Waals surface area contributed by atoms with E-state index in [9.17, 15) is 27.2 Å². The zero-order valence-corrected chi connectivity index (χ0v) is 25.7. The van der Waals surface area contributed by atoms with E-state index in [0.29, 0.717) is 25.1 Å². The summed E-state index contributed by atoms with van der Waals surface area (Å²) < 4.78 is 62.1. The zero-order chi connectivity index (χ0) is 31.7. The number of alkyl halides is 3. The zero-order valence-electron chi connectivity index (χ0n) is 23.6. The van der Waals surface area contributed by atoms with Gasteiger partial charge in [0.25, 0.3) is 0 Å². The predicted molar refractivity (Wildman–Crippen MR) is 166 cm³/mol. The first-order valence-corrected chi connectivity index (χ1v) is 15.0. The first kappa shape index (κ1) is 33.6. The molecule has 1 aliphatic heterocycles. The van der Waals surface area contributed by atoms with Gasteiger partial charge in [-0.25, -0.2) is 9.18 Å². The van der Waals surface area contributed by atoms with Crippen molar-refractivity contribution in [3.8, 4) is 0 Å². The number of benzene rings is 3. The number of hydrogen-bond donors (Lipinski definition) is 4. The van der Waals surface area contributed by atoms with Crippen molar-refractivity contribution in [2.75, 3.05) is 31.6 Å². The summed E-state index contributed by atoms with van der Waals surface area (Å²) in [6, 6.07) is 19.7. The molecule has 2 amide bonds. The van der Waals surface area contributed by atoms with Gasteiger partial charge in [0.1, 0.15) is 19.0 Å². The fraction of sp³-hybridized carbons (Fsp3) is 0.355. The fourth-order valence-electron chi connectivity index (χ4n) is 4.85. The number of aryl methyl sites for hydroxylation is 1. The quantitative estimate of drug-likeness (QED) is 0.161. The van der Waals surface area contributed by atoms with Crippen molar-refractivity contribution in [2.24, 2.45) is 5.73 Å². The van der Waals surface area contributed by atoms with Crippen LogP contribution in [0.5, 0.6) is 0 Å². The maximum Gasteiger partial charge on any atom is 0.407 e.